The first kappa shape index (κ1) is 13.6. The number of ether oxygens (including phenoxy) is 2. The fourth-order valence-corrected chi connectivity index (χ4v) is 2.76. The van der Waals surface area contributed by atoms with Crippen LogP contribution in [0.1, 0.15) is 27.2 Å². The standard InChI is InChI=1S/C13H24N2O3/c1-13(2,3)18-12(16)15-5-4-9-8-17-11(6-14)10(9)7-15/h9-11H,4-8,14H2,1-3H3/t9-,10-,11-/m0/s1. The maximum absolute atomic E-state index is 12.0. The van der Waals surface area contributed by atoms with Crippen LogP contribution in [0.4, 0.5) is 4.79 Å². The summed E-state index contributed by atoms with van der Waals surface area (Å²) in [5.74, 6) is 0.925. The minimum atomic E-state index is -0.437. The van der Waals surface area contributed by atoms with E-state index >= 15 is 0 Å². The van der Waals surface area contributed by atoms with E-state index in [4.69, 9.17) is 15.2 Å². The number of rotatable bonds is 1. The zero-order valence-corrected chi connectivity index (χ0v) is 11.5. The quantitative estimate of drug-likeness (QED) is 0.766. The van der Waals surface area contributed by atoms with Crippen LogP contribution in [0.5, 0.6) is 0 Å². The van der Waals surface area contributed by atoms with Crippen LogP contribution in [0.3, 0.4) is 0 Å². The number of nitrogens with zero attached hydrogens (tertiary/aromatic N) is 1. The summed E-state index contributed by atoms with van der Waals surface area (Å²) in [6, 6.07) is 0. The Morgan fingerprint density at radius 1 is 1.50 bits per heavy atom. The van der Waals surface area contributed by atoms with Gasteiger partial charge in [-0.2, -0.15) is 0 Å². The van der Waals surface area contributed by atoms with Crippen molar-refractivity contribution < 1.29 is 14.3 Å². The highest BCUT2D eigenvalue weighted by Crippen LogP contribution is 2.34. The molecule has 0 saturated carbocycles. The van der Waals surface area contributed by atoms with Gasteiger partial charge in [-0.05, 0) is 33.1 Å². The SMILES string of the molecule is CC(C)(C)OC(=O)N1CC[C@H]2CO[C@@H](CN)[C@H]2C1. The fraction of sp³-hybridized carbons (Fsp3) is 0.923. The molecule has 5 heteroatoms. The van der Waals surface area contributed by atoms with Gasteiger partial charge in [0.15, 0.2) is 0 Å². The lowest BCUT2D eigenvalue weighted by molar-refractivity contribution is 0.0104. The lowest BCUT2D eigenvalue weighted by Crippen LogP contribution is -2.48. The van der Waals surface area contributed by atoms with Gasteiger partial charge in [0.25, 0.3) is 0 Å². The minimum Gasteiger partial charge on any atom is -0.444 e. The Bertz CT molecular complexity index is 308. The van der Waals surface area contributed by atoms with Gasteiger partial charge in [-0.3, -0.25) is 0 Å². The molecule has 0 unspecified atom stereocenters. The number of amides is 1. The minimum absolute atomic E-state index is 0.0974. The van der Waals surface area contributed by atoms with Crippen molar-refractivity contribution in [3.63, 3.8) is 0 Å². The average Bonchev–Trinajstić information content (AvgIpc) is 2.68. The second-order valence-electron chi connectivity index (χ2n) is 6.25. The van der Waals surface area contributed by atoms with Crippen LogP contribution >= 0.6 is 0 Å². The Kier molecular flexibility index (Phi) is 3.82. The van der Waals surface area contributed by atoms with E-state index in [-0.39, 0.29) is 12.2 Å². The topological polar surface area (TPSA) is 64.8 Å². The zero-order valence-electron chi connectivity index (χ0n) is 11.5. The number of carbonyl (C=O) groups excluding carboxylic acids is 1. The molecule has 5 nitrogen and oxygen atoms in total. The Hall–Kier alpha value is -0.810. The van der Waals surface area contributed by atoms with Gasteiger partial charge in [0.1, 0.15) is 5.60 Å². The van der Waals surface area contributed by atoms with Crippen LogP contribution < -0.4 is 5.73 Å². The number of nitrogens with two attached hydrogens (primary N) is 1. The number of carbonyl (C=O) groups is 1. The van der Waals surface area contributed by atoms with Crippen molar-refractivity contribution in [2.45, 2.75) is 38.9 Å². The molecule has 18 heavy (non-hydrogen) atoms. The Morgan fingerprint density at radius 2 is 2.22 bits per heavy atom. The summed E-state index contributed by atoms with van der Waals surface area (Å²) in [6.45, 7) is 8.45. The van der Waals surface area contributed by atoms with Gasteiger partial charge in [0.2, 0.25) is 0 Å². The molecule has 0 aromatic carbocycles. The highest BCUT2D eigenvalue weighted by molar-refractivity contribution is 5.68. The van der Waals surface area contributed by atoms with Crippen molar-refractivity contribution in [2.75, 3.05) is 26.2 Å². The van der Waals surface area contributed by atoms with Crippen LogP contribution in [0, 0.1) is 11.8 Å². The number of likely N-dealkylation sites (tertiary alicyclic amines) is 1. The molecule has 2 heterocycles. The Balaban J connectivity index is 1.94. The lowest BCUT2D eigenvalue weighted by atomic mass is 9.85. The molecule has 0 radical (unpaired) electrons. The Labute approximate surface area is 109 Å². The first-order chi connectivity index (χ1) is 8.40. The van der Waals surface area contributed by atoms with Crippen molar-refractivity contribution >= 4 is 6.09 Å². The maximum atomic E-state index is 12.0. The van der Waals surface area contributed by atoms with Gasteiger partial charge in [-0.15, -0.1) is 0 Å². The van der Waals surface area contributed by atoms with Crippen molar-refractivity contribution in [3.05, 3.63) is 0 Å². The van der Waals surface area contributed by atoms with E-state index in [0.717, 1.165) is 19.6 Å². The maximum Gasteiger partial charge on any atom is 0.410 e. The molecule has 1 amide bonds. The highest BCUT2D eigenvalue weighted by Gasteiger charge is 2.42. The van der Waals surface area contributed by atoms with Gasteiger partial charge in [0.05, 0.1) is 12.7 Å². The van der Waals surface area contributed by atoms with E-state index in [9.17, 15) is 4.79 Å². The zero-order chi connectivity index (χ0) is 13.3. The van der Waals surface area contributed by atoms with E-state index in [1.165, 1.54) is 0 Å². The van der Waals surface area contributed by atoms with Crippen molar-refractivity contribution in [1.82, 2.24) is 4.90 Å². The molecule has 2 saturated heterocycles. The van der Waals surface area contributed by atoms with Gasteiger partial charge < -0.3 is 20.1 Å². The third-order valence-corrected chi connectivity index (χ3v) is 3.69. The average molecular weight is 256 g/mol. The molecule has 0 bridgehead atoms. The molecule has 0 aliphatic carbocycles. The summed E-state index contributed by atoms with van der Waals surface area (Å²) < 4.78 is 11.1. The number of hydrogen-bond donors (Lipinski definition) is 1. The van der Waals surface area contributed by atoms with Crippen LogP contribution in [0.2, 0.25) is 0 Å². The summed E-state index contributed by atoms with van der Waals surface area (Å²) in [5, 5.41) is 0. The summed E-state index contributed by atoms with van der Waals surface area (Å²) in [7, 11) is 0. The molecule has 2 aliphatic heterocycles. The summed E-state index contributed by atoms with van der Waals surface area (Å²) in [4.78, 5) is 13.8. The monoisotopic (exact) mass is 256 g/mol. The van der Waals surface area contributed by atoms with E-state index in [2.05, 4.69) is 0 Å². The molecule has 3 atom stereocenters. The predicted octanol–water partition coefficient (Wildman–Crippen LogP) is 1.22. The largest absolute Gasteiger partial charge is 0.444 e. The molecule has 2 rings (SSSR count). The second-order valence-corrected chi connectivity index (χ2v) is 6.25. The van der Waals surface area contributed by atoms with Gasteiger partial charge >= 0.3 is 6.09 Å². The van der Waals surface area contributed by atoms with E-state index < -0.39 is 5.60 Å². The molecule has 104 valence electrons. The summed E-state index contributed by atoms with van der Waals surface area (Å²) >= 11 is 0. The van der Waals surface area contributed by atoms with E-state index in [0.29, 0.717) is 24.9 Å². The fourth-order valence-electron chi connectivity index (χ4n) is 2.76. The smallest absolute Gasteiger partial charge is 0.410 e. The van der Waals surface area contributed by atoms with Crippen LogP contribution in [0.25, 0.3) is 0 Å². The highest BCUT2D eigenvalue weighted by atomic mass is 16.6. The van der Waals surface area contributed by atoms with E-state index in [1.54, 1.807) is 4.90 Å². The first-order valence-corrected chi connectivity index (χ1v) is 6.70. The number of hydrogen-bond acceptors (Lipinski definition) is 4. The van der Waals surface area contributed by atoms with Gasteiger partial charge in [0, 0.05) is 25.6 Å². The molecular weight excluding hydrogens is 232 g/mol. The van der Waals surface area contributed by atoms with Crippen molar-refractivity contribution in [3.8, 4) is 0 Å². The van der Waals surface area contributed by atoms with E-state index in [1.807, 2.05) is 20.8 Å². The molecule has 0 aromatic rings. The first-order valence-electron chi connectivity index (χ1n) is 6.70. The van der Waals surface area contributed by atoms with Crippen molar-refractivity contribution in [2.24, 2.45) is 17.6 Å². The van der Waals surface area contributed by atoms with Gasteiger partial charge in [-0.1, -0.05) is 0 Å². The normalized spacial score (nSPS) is 32.2. The van der Waals surface area contributed by atoms with Gasteiger partial charge in [-0.25, -0.2) is 4.79 Å². The molecular formula is C13H24N2O3. The van der Waals surface area contributed by atoms with Crippen LogP contribution in [-0.2, 0) is 9.47 Å². The Morgan fingerprint density at radius 3 is 2.83 bits per heavy atom. The van der Waals surface area contributed by atoms with Crippen LogP contribution in [0.15, 0.2) is 0 Å². The third-order valence-electron chi connectivity index (χ3n) is 3.69. The molecule has 0 spiro atoms. The second kappa shape index (κ2) is 5.05. The molecule has 0 aromatic heterocycles. The number of piperidine rings is 1. The lowest BCUT2D eigenvalue weighted by Gasteiger charge is -2.36. The molecule has 2 aliphatic rings. The molecule has 2 N–H and O–H groups in total. The van der Waals surface area contributed by atoms with Crippen LogP contribution in [-0.4, -0.2) is 48.9 Å². The number of fused-ring (bicyclic) bond motifs is 1. The summed E-state index contributed by atoms with van der Waals surface area (Å²) in [5.41, 5.74) is 5.27. The summed E-state index contributed by atoms with van der Waals surface area (Å²) in [6.07, 6.45) is 0.865. The van der Waals surface area contributed by atoms with Crippen molar-refractivity contribution in [1.29, 1.82) is 0 Å². The predicted molar refractivity (Wildman–Crippen MR) is 68.2 cm³/mol. The third kappa shape index (κ3) is 2.95. The molecule has 2 fully saturated rings.